The molecule has 2 aromatic rings. The lowest BCUT2D eigenvalue weighted by molar-refractivity contribution is -0.111. The number of carboxylic acid groups (broad SMARTS) is 1. The summed E-state index contributed by atoms with van der Waals surface area (Å²) in [6, 6.07) is 6.19. The number of pyridine rings is 1. The zero-order valence-corrected chi connectivity index (χ0v) is 11.6. The van der Waals surface area contributed by atoms with Crippen molar-refractivity contribution in [3.63, 3.8) is 0 Å². The lowest BCUT2D eigenvalue weighted by atomic mass is 10.3. The molecule has 2 aromatic heterocycles. The highest BCUT2D eigenvalue weighted by atomic mass is 79.9. The first-order chi connectivity index (χ1) is 9.54. The first-order valence-corrected chi connectivity index (χ1v) is 6.27. The summed E-state index contributed by atoms with van der Waals surface area (Å²) in [4.78, 5) is 26.1. The number of nitrogens with one attached hydrogen (secondary N) is 1. The monoisotopic (exact) mass is 336 g/mol. The van der Waals surface area contributed by atoms with E-state index in [2.05, 4.69) is 26.2 Å². The molecular weight excluding hydrogens is 328 g/mol. The van der Waals surface area contributed by atoms with Gasteiger partial charge >= 0.3 is 5.97 Å². The van der Waals surface area contributed by atoms with Gasteiger partial charge in [0, 0.05) is 12.3 Å². The molecule has 0 saturated carbocycles. The van der Waals surface area contributed by atoms with Crippen molar-refractivity contribution in [2.45, 2.75) is 0 Å². The summed E-state index contributed by atoms with van der Waals surface area (Å²) in [5.74, 6) is -0.668. The number of halogens is 1. The number of hydrogen-bond acceptors (Lipinski definition) is 4. The molecular formula is C13H9BrN2O4. The number of amides is 1. The Labute approximate surface area is 122 Å². The molecule has 102 valence electrons. The fourth-order valence-corrected chi connectivity index (χ4v) is 1.66. The Morgan fingerprint density at radius 2 is 2.10 bits per heavy atom. The maximum absolute atomic E-state index is 11.6. The van der Waals surface area contributed by atoms with Crippen LogP contribution < -0.4 is 5.32 Å². The largest absolute Gasteiger partial charge is 0.478 e. The summed E-state index contributed by atoms with van der Waals surface area (Å²) in [5.41, 5.74) is 0.0546. The summed E-state index contributed by atoms with van der Waals surface area (Å²) in [6.45, 7) is 0. The number of carbonyl (C=O) groups is 2. The predicted octanol–water partition coefficient (Wildman–Crippen LogP) is 2.79. The highest BCUT2D eigenvalue weighted by molar-refractivity contribution is 9.10. The van der Waals surface area contributed by atoms with Crippen molar-refractivity contribution in [3.05, 3.63) is 52.5 Å². The number of aromatic nitrogens is 1. The number of anilines is 1. The van der Waals surface area contributed by atoms with Gasteiger partial charge < -0.3 is 14.8 Å². The van der Waals surface area contributed by atoms with Gasteiger partial charge in [0.25, 0.3) is 0 Å². The van der Waals surface area contributed by atoms with Crippen LogP contribution in [0.25, 0.3) is 6.08 Å². The Kier molecular flexibility index (Phi) is 4.31. The number of rotatable bonds is 4. The highest BCUT2D eigenvalue weighted by Crippen LogP contribution is 2.15. The normalized spacial score (nSPS) is 10.7. The Morgan fingerprint density at radius 1 is 1.30 bits per heavy atom. The quantitative estimate of drug-likeness (QED) is 0.837. The van der Waals surface area contributed by atoms with Crippen LogP contribution in [0.1, 0.15) is 16.1 Å². The van der Waals surface area contributed by atoms with Crippen molar-refractivity contribution in [1.29, 1.82) is 0 Å². The van der Waals surface area contributed by atoms with Crippen LogP contribution in [0, 0.1) is 0 Å². The molecule has 2 heterocycles. The number of carbonyl (C=O) groups excluding carboxylic acids is 1. The van der Waals surface area contributed by atoms with E-state index >= 15 is 0 Å². The molecule has 2 rings (SSSR count). The molecule has 0 spiro atoms. The van der Waals surface area contributed by atoms with Crippen LogP contribution in [0.5, 0.6) is 0 Å². The zero-order valence-electron chi connectivity index (χ0n) is 10.0. The predicted molar refractivity (Wildman–Crippen MR) is 75.3 cm³/mol. The molecule has 20 heavy (non-hydrogen) atoms. The van der Waals surface area contributed by atoms with Gasteiger partial charge in [0.1, 0.15) is 11.6 Å². The molecule has 0 aliphatic heterocycles. The maximum Gasteiger partial charge on any atom is 0.337 e. The van der Waals surface area contributed by atoms with Crippen LogP contribution >= 0.6 is 15.9 Å². The van der Waals surface area contributed by atoms with E-state index in [0.29, 0.717) is 10.4 Å². The fraction of sp³-hybridized carbons (Fsp3) is 0. The fourth-order valence-electron chi connectivity index (χ4n) is 1.34. The van der Waals surface area contributed by atoms with Crippen molar-refractivity contribution >= 4 is 39.7 Å². The lowest BCUT2D eigenvalue weighted by Gasteiger charge is -2.00. The third-order valence-electron chi connectivity index (χ3n) is 2.25. The Morgan fingerprint density at radius 3 is 2.65 bits per heavy atom. The first kappa shape index (κ1) is 14.0. The van der Waals surface area contributed by atoms with E-state index in [0.717, 1.165) is 0 Å². The van der Waals surface area contributed by atoms with Crippen molar-refractivity contribution in [1.82, 2.24) is 4.98 Å². The summed E-state index contributed by atoms with van der Waals surface area (Å²) >= 11 is 3.15. The topological polar surface area (TPSA) is 92.4 Å². The molecule has 7 heteroatoms. The summed E-state index contributed by atoms with van der Waals surface area (Å²) in [6.07, 6.45) is 3.97. The standard InChI is InChI=1S/C13H9BrN2O4/c14-10-4-2-9(20-10)3-6-12(17)16-11-5-1-8(7-15-11)13(18)19/h1-7H,(H,18,19)(H,15,16,17). The Hall–Kier alpha value is -2.41. The summed E-state index contributed by atoms with van der Waals surface area (Å²) in [5, 5.41) is 11.2. The van der Waals surface area contributed by atoms with Crippen LogP contribution in [0.2, 0.25) is 0 Å². The van der Waals surface area contributed by atoms with E-state index < -0.39 is 11.9 Å². The lowest BCUT2D eigenvalue weighted by Crippen LogP contribution is -2.09. The van der Waals surface area contributed by atoms with E-state index in [1.165, 1.54) is 30.5 Å². The molecule has 0 radical (unpaired) electrons. The number of hydrogen-bond donors (Lipinski definition) is 2. The average molecular weight is 337 g/mol. The minimum absolute atomic E-state index is 0.0546. The average Bonchev–Trinajstić information content (AvgIpc) is 2.83. The van der Waals surface area contributed by atoms with Gasteiger partial charge in [0.05, 0.1) is 5.56 Å². The van der Waals surface area contributed by atoms with Gasteiger partial charge in [-0.1, -0.05) is 0 Å². The van der Waals surface area contributed by atoms with E-state index in [-0.39, 0.29) is 11.4 Å². The smallest absolute Gasteiger partial charge is 0.337 e. The van der Waals surface area contributed by atoms with Gasteiger partial charge in [-0.15, -0.1) is 0 Å². The molecule has 0 saturated heterocycles. The minimum Gasteiger partial charge on any atom is -0.478 e. The van der Waals surface area contributed by atoms with Gasteiger partial charge in [0.15, 0.2) is 4.67 Å². The van der Waals surface area contributed by atoms with Crippen molar-refractivity contribution in [2.75, 3.05) is 5.32 Å². The molecule has 0 aliphatic carbocycles. The van der Waals surface area contributed by atoms with Crippen LogP contribution in [-0.4, -0.2) is 22.0 Å². The van der Waals surface area contributed by atoms with Gasteiger partial charge in [-0.3, -0.25) is 4.79 Å². The van der Waals surface area contributed by atoms with E-state index in [1.807, 2.05) is 0 Å². The molecule has 6 nitrogen and oxygen atoms in total. The summed E-state index contributed by atoms with van der Waals surface area (Å²) in [7, 11) is 0. The molecule has 0 aliphatic rings. The molecule has 0 aromatic carbocycles. The van der Waals surface area contributed by atoms with Gasteiger partial charge in [-0.2, -0.15) is 0 Å². The highest BCUT2D eigenvalue weighted by Gasteiger charge is 2.04. The Bertz CT molecular complexity index is 661. The molecule has 0 unspecified atom stereocenters. The second-order valence-corrected chi connectivity index (χ2v) is 4.48. The van der Waals surface area contributed by atoms with Crippen molar-refractivity contribution in [2.24, 2.45) is 0 Å². The van der Waals surface area contributed by atoms with Gasteiger partial charge in [0.2, 0.25) is 5.91 Å². The Balaban J connectivity index is 1.97. The molecule has 1 amide bonds. The van der Waals surface area contributed by atoms with E-state index in [4.69, 9.17) is 9.52 Å². The third kappa shape index (κ3) is 3.79. The minimum atomic E-state index is -1.07. The maximum atomic E-state index is 11.6. The van der Waals surface area contributed by atoms with Gasteiger partial charge in [-0.25, -0.2) is 9.78 Å². The second-order valence-electron chi connectivity index (χ2n) is 3.70. The SMILES string of the molecule is O=C(C=Cc1ccc(Br)o1)Nc1ccc(C(=O)O)cn1. The number of furan rings is 1. The van der Waals surface area contributed by atoms with E-state index in [9.17, 15) is 9.59 Å². The first-order valence-electron chi connectivity index (χ1n) is 5.48. The van der Waals surface area contributed by atoms with E-state index in [1.54, 1.807) is 12.1 Å². The van der Waals surface area contributed by atoms with Crippen LogP contribution in [0.4, 0.5) is 5.82 Å². The van der Waals surface area contributed by atoms with Crippen LogP contribution in [0.15, 0.2) is 45.6 Å². The zero-order chi connectivity index (χ0) is 14.5. The van der Waals surface area contributed by atoms with Gasteiger partial charge in [-0.05, 0) is 46.3 Å². The molecule has 0 bridgehead atoms. The number of nitrogens with zero attached hydrogens (tertiary/aromatic N) is 1. The third-order valence-corrected chi connectivity index (χ3v) is 2.68. The second kappa shape index (κ2) is 6.16. The van der Waals surface area contributed by atoms with Crippen molar-refractivity contribution < 1.29 is 19.1 Å². The van der Waals surface area contributed by atoms with Crippen molar-refractivity contribution in [3.8, 4) is 0 Å². The molecule has 0 fully saturated rings. The van der Waals surface area contributed by atoms with Crippen LogP contribution in [-0.2, 0) is 4.79 Å². The van der Waals surface area contributed by atoms with Crippen LogP contribution in [0.3, 0.4) is 0 Å². The molecule has 0 atom stereocenters. The molecule has 2 N–H and O–H groups in total. The number of carboxylic acids is 1. The summed E-state index contributed by atoms with van der Waals surface area (Å²) < 4.78 is 5.77. The number of aromatic carboxylic acids is 1.